The molecule has 12 heavy (non-hydrogen) atoms. The highest BCUT2D eigenvalue weighted by molar-refractivity contribution is 8.17. The molecule has 1 fully saturated rings. The minimum atomic E-state index is -3.09. The molecule has 3 nitrogen and oxygen atoms in total. The van der Waals surface area contributed by atoms with Crippen molar-refractivity contribution in [2.45, 2.75) is 30.5 Å². The zero-order chi connectivity index (χ0) is 9.41. The summed E-state index contributed by atoms with van der Waals surface area (Å²) >= 11 is 1.37. The zero-order valence-electron chi connectivity index (χ0n) is 7.28. The third-order valence-corrected chi connectivity index (χ3v) is 7.68. The highest BCUT2D eigenvalue weighted by Crippen LogP contribution is 2.43. The maximum Gasteiger partial charge on any atom is 0.168 e. The molecule has 1 aliphatic rings. The summed E-state index contributed by atoms with van der Waals surface area (Å²) in [5.41, 5.74) is 0. The summed E-state index contributed by atoms with van der Waals surface area (Å²) in [6.45, 7) is 3.36. The smallest absolute Gasteiger partial charge is 0.168 e. The van der Waals surface area contributed by atoms with Gasteiger partial charge in [0.2, 0.25) is 0 Å². The Morgan fingerprint density at radius 3 is 2.42 bits per heavy atom. The highest BCUT2D eigenvalue weighted by Gasteiger charge is 2.50. The van der Waals surface area contributed by atoms with Crippen LogP contribution < -0.4 is 0 Å². The van der Waals surface area contributed by atoms with Crippen molar-refractivity contribution in [3.05, 3.63) is 0 Å². The summed E-state index contributed by atoms with van der Waals surface area (Å²) in [5, 5.41) is 9.44. The van der Waals surface area contributed by atoms with E-state index < -0.39 is 20.0 Å². The molecule has 0 aromatic heterocycles. The molecule has 0 amide bonds. The summed E-state index contributed by atoms with van der Waals surface area (Å²) in [5.74, 6) is 0.817. The molecule has 0 spiro atoms. The molecule has 0 aromatic carbocycles. The van der Waals surface area contributed by atoms with E-state index in [-0.39, 0.29) is 5.75 Å². The van der Waals surface area contributed by atoms with E-state index in [1.165, 1.54) is 11.8 Å². The van der Waals surface area contributed by atoms with E-state index in [0.717, 1.165) is 0 Å². The maximum atomic E-state index is 11.6. The van der Waals surface area contributed by atoms with Crippen LogP contribution in [-0.2, 0) is 9.84 Å². The van der Waals surface area contributed by atoms with Crippen LogP contribution >= 0.6 is 11.8 Å². The van der Waals surface area contributed by atoms with Crippen LogP contribution in [0.1, 0.15) is 20.3 Å². The molecule has 0 aromatic rings. The van der Waals surface area contributed by atoms with Gasteiger partial charge in [-0.2, -0.15) is 0 Å². The van der Waals surface area contributed by atoms with Gasteiger partial charge in [-0.25, -0.2) is 8.42 Å². The van der Waals surface area contributed by atoms with Crippen LogP contribution in [0, 0.1) is 0 Å². The topological polar surface area (TPSA) is 54.4 Å². The van der Waals surface area contributed by atoms with Gasteiger partial charge in [-0.15, -0.1) is 11.8 Å². The Bertz CT molecular complexity index is 258. The van der Waals surface area contributed by atoms with Crippen LogP contribution in [0.15, 0.2) is 0 Å². The van der Waals surface area contributed by atoms with Crippen LogP contribution in [0.2, 0.25) is 0 Å². The predicted molar refractivity (Wildman–Crippen MR) is 50.9 cm³/mol. The number of sulfone groups is 1. The minimum absolute atomic E-state index is 0.205. The molecule has 0 saturated carbocycles. The van der Waals surface area contributed by atoms with Gasteiger partial charge < -0.3 is 5.11 Å². The van der Waals surface area contributed by atoms with Crippen LogP contribution in [0.4, 0.5) is 0 Å². The molecule has 2 atom stereocenters. The molecule has 0 unspecified atom stereocenters. The van der Waals surface area contributed by atoms with E-state index in [9.17, 15) is 13.5 Å². The Morgan fingerprint density at radius 1 is 1.67 bits per heavy atom. The quantitative estimate of drug-likeness (QED) is 0.726. The van der Waals surface area contributed by atoms with E-state index in [1.807, 2.05) is 6.92 Å². The van der Waals surface area contributed by atoms with Crippen molar-refractivity contribution in [2.75, 3.05) is 11.5 Å². The molecule has 1 aliphatic heterocycles. The first-order valence-corrected chi connectivity index (χ1v) is 6.64. The number of rotatable bonds is 2. The largest absolute Gasteiger partial charge is 0.391 e. The van der Waals surface area contributed by atoms with E-state index in [1.54, 1.807) is 6.92 Å². The SMILES string of the molecule is CC[C@@]1([C@H](C)O)SCCS1(=O)=O. The number of thioether (sulfide) groups is 1. The molecular formula is C7H14O3S2. The Balaban J connectivity index is 3.09. The summed E-state index contributed by atoms with van der Waals surface area (Å²) in [4.78, 5) is 0. The first-order chi connectivity index (χ1) is 5.46. The number of aliphatic hydroxyl groups excluding tert-OH is 1. The monoisotopic (exact) mass is 210 g/mol. The average Bonchev–Trinajstić information content (AvgIpc) is 2.25. The Morgan fingerprint density at radius 2 is 2.25 bits per heavy atom. The predicted octanol–water partition coefficient (Wildman–Crippen LogP) is 0.635. The van der Waals surface area contributed by atoms with Crippen molar-refractivity contribution < 1.29 is 13.5 Å². The molecule has 1 N–H and O–H groups in total. The third kappa shape index (κ3) is 1.28. The van der Waals surface area contributed by atoms with Gasteiger partial charge in [0.15, 0.2) is 9.84 Å². The van der Waals surface area contributed by atoms with E-state index in [2.05, 4.69) is 0 Å². The van der Waals surface area contributed by atoms with Gasteiger partial charge in [-0.1, -0.05) is 6.92 Å². The molecule has 72 valence electrons. The fourth-order valence-electron chi connectivity index (χ4n) is 1.58. The lowest BCUT2D eigenvalue weighted by Crippen LogP contribution is -2.41. The summed E-state index contributed by atoms with van der Waals surface area (Å²) in [6, 6.07) is 0. The molecule has 0 bridgehead atoms. The molecule has 1 rings (SSSR count). The van der Waals surface area contributed by atoms with Gasteiger partial charge in [0.25, 0.3) is 0 Å². The van der Waals surface area contributed by atoms with Crippen LogP contribution in [0.5, 0.6) is 0 Å². The van der Waals surface area contributed by atoms with Crippen LogP contribution in [-0.4, -0.2) is 35.2 Å². The maximum absolute atomic E-state index is 11.6. The van der Waals surface area contributed by atoms with E-state index >= 15 is 0 Å². The van der Waals surface area contributed by atoms with Crippen molar-refractivity contribution in [2.24, 2.45) is 0 Å². The number of hydrogen-bond donors (Lipinski definition) is 1. The van der Waals surface area contributed by atoms with E-state index in [0.29, 0.717) is 12.2 Å². The normalized spacial score (nSPS) is 36.6. The lowest BCUT2D eigenvalue weighted by Gasteiger charge is -2.28. The molecule has 5 heteroatoms. The molecule has 1 saturated heterocycles. The lowest BCUT2D eigenvalue weighted by atomic mass is 10.2. The average molecular weight is 210 g/mol. The zero-order valence-corrected chi connectivity index (χ0v) is 8.91. The van der Waals surface area contributed by atoms with Gasteiger partial charge in [0, 0.05) is 5.75 Å². The Kier molecular flexibility index (Phi) is 2.75. The first-order valence-electron chi connectivity index (χ1n) is 4.00. The number of hydrogen-bond acceptors (Lipinski definition) is 4. The van der Waals surface area contributed by atoms with Gasteiger partial charge in [0.1, 0.15) is 4.08 Å². The summed E-state index contributed by atoms with van der Waals surface area (Å²) in [6.07, 6.45) is -0.294. The van der Waals surface area contributed by atoms with E-state index in [4.69, 9.17) is 0 Å². The van der Waals surface area contributed by atoms with Crippen molar-refractivity contribution in [3.63, 3.8) is 0 Å². The Hall–Kier alpha value is 0.260. The van der Waals surface area contributed by atoms with Crippen LogP contribution in [0.3, 0.4) is 0 Å². The second-order valence-electron chi connectivity index (χ2n) is 3.01. The van der Waals surface area contributed by atoms with Crippen LogP contribution in [0.25, 0.3) is 0 Å². The molecular weight excluding hydrogens is 196 g/mol. The summed E-state index contributed by atoms with van der Waals surface area (Å²) < 4.78 is 22.2. The standard InChI is InChI=1S/C7H14O3S2/c1-3-7(6(2)8)11-4-5-12(7,9)10/h6,8H,3-5H2,1-2H3/t6-,7+/m0/s1. The molecule has 0 aliphatic carbocycles. The second kappa shape index (κ2) is 3.20. The van der Waals surface area contributed by atoms with Crippen molar-refractivity contribution in [3.8, 4) is 0 Å². The third-order valence-electron chi connectivity index (χ3n) is 2.35. The molecule has 0 radical (unpaired) electrons. The summed E-state index contributed by atoms with van der Waals surface area (Å²) in [7, 11) is -3.09. The van der Waals surface area contributed by atoms with Crippen molar-refractivity contribution in [1.82, 2.24) is 0 Å². The minimum Gasteiger partial charge on any atom is -0.391 e. The lowest BCUT2D eigenvalue weighted by molar-refractivity contribution is 0.175. The van der Waals surface area contributed by atoms with Gasteiger partial charge in [-0.3, -0.25) is 0 Å². The second-order valence-corrected chi connectivity index (χ2v) is 7.06. The van der Waals surface area contributed by atoms with Gasteiger partial charge >= 0.3 is 0 Å². The van der Waals surface area contributed by atoms with Crippen molar-refractivity contribution >= 4 is 21.6 Å². The van der Waals surface area contributed by atoms with Gasteiger partial charge in [-0.05, 0) is 13.3 Å². The van der Waals surface area contributed by atoms with Gasteiger partial charge in [0.05, 0.1) is 11.9 Å². The highest BCUT2D eigenvalue weighted by atomic mass is 32.3. The fraction of sp³-hybridized carbons (Fsp3) is 1.00. The van der Waals surface area contributed by atoms with Crippen molar-refractivity contribution in [1.29, 1.82) is 0 Å². The fourth-order valence-corrected chi connectivity index (χ4v) is 6.11. The first kappa shape index (κ1) is 10.3. The number of aliphatic hydroxyl groups is 1. The molecule has 1 heterocycles. The Labute approximate surface area is 77.5 Å².